The van der Waals surface area contributed by atoms with Gasteiger partial charge in [0.25, 0.3) is 0 Å². The molecule has 0 atom stereocenters. The highest BCUT2D eigenvalue weighted by Crippen LogP contribution is 2.25. The van der Waals surface area contributed by atoms with Gasteiger partial charge in [-0.25, -0.2) is 0 Å². The number of fused-ring (bicyclic) bond motifs is 1. The van der Waals surface area contributed by atoms with E-state index in [1.807, 2.05) is 24.3 Å². The van der Waals surface area contributed by atoms with Crippen LogP contribution in [-0.4, -0.2) is 26.2 Å². The Kier molecular flexibility index (Phi) is 4.17. The molecule has 0 saturated carbocycles. The average Bonchev–Trinajstić information content (AvgIpc) is 2.75. The number of amides is 1. The molecule has 6 heteroatoms. The van der Waals surface area contributed by atoms with Crippen molar-refractivity contribution in [2.45, 2.75) is 51.6 Å². The molecule has 6 nitrogen and oxygen atoms in total. The fourth-order valence-electron chi connectivity index (χ4n) is 2.73. The van der Waals surface area contributed by atoms with E-state index in [0.29, 0.717) is 0 Å². The van der Waals surface area contributed by atoms with Gasteiger partial charge in [-0.3, -0.25) is 4.79 Å². The minimum Gasteiger partial charge on any atom is -0.324 e. The number of carbonyl (C=O) groups excluding carboxylic acids is 1. The first-order valence-electron chi connectivity index (χ1n) is 8.08. The monoisotopic (exact) mass is 313 g/mol. The first-order valence-corrected chi connectivity index (χ1v) is 8.08. The van der Waals surface area contributed by atoms with Crippen LogP contribution >= 0.6 is 0 Å². The molecule has 23 heavy (non-hydrogen) atoms. The van der Waals surface area contributed by atoms with Crippen molar-refractivity contribution >= 4 is 11.6 Å². The number of aryl methyl sites for hydroxylation is 1. The van der Waals surface area contributed by atoms with E-state index in [9.17, 15) is 4.79 Å². The third-order valence-corrected chi connectivity index (χ3v) is 4.07. The summed E-state index contributed by atoms with van der Waals surface area (Å²) in [6.07, 6.45) is 4.52. The lowest BCUT2D eigenvalue weighted by atomic mass is 10.1. The molecule has 1 aromatic heterocycles. The molecule has 1 aromatic carbocycles. The number of carbonyl (C=O) groups is 1. The summed E-state index contributed by atoms with van der Waals surface area (Å²) in [4.78, 5) is 12.0. The zero-order valence-electron chi connectivity index (χ0n) is 13.7. The molecule has 0 unspecified atom stereocenters. The standard InChI is InChI=1S/C17H23N5O/c1-17(2,18)16(23)19-13-8-6-7-12(11-13)15-21-20-14-9-4-3-5-10-22(14)15/h6-8,11H,3-5,9-10,18H2,1-2H3,(H,19,23). The van der Waals surface area contributed by atoms with Crippen LogP contribution in [0.15, 0.2) is 24.3 Å². The van der Waals surface area contributed by atoms with Gasteiger partial charge in [0.15, 0.2) is 5.82 Å². The molecule has 0 aliphatic carbocycles. The highest BCUT2D eigenvalue weighted by atomic mass is 16.2. The van der Waals surface area contributed by atoms with Gasteiger partial charge in [-0.05, 0) is 38.8 Å². The molecule has 122 valence electrons. The molecule has 3 N–H and O–H groups in total. The largest absolute Gasteiger partial charge is 0.324 e. The Balaban J connectivity index is 1.89. The molecule has 3 rings (SSSR count). The second-order valence-electron chi connectivity index (χ2n) is 6.66. The van der Waals surface area contributed by atoms with Gasteiger partial charge in [0.05, 0.1) is 5.54 Å². The summed E-state index contributed by atoms with van der Waals surface area (Å²) >= 11 is 0. The van der Waals surface area contributed by atoms with E-state index in [1.54, 1.807) is 13.8 Å². The van der Waals surface area contributed by atoms with E-state index < -0.39 is 5.54 Å². The minimum atomic E-state index is -0.915. The minimum absolute atomic E-state index is 0.213. The smallest absolute Gasteiger partial charge is 0.243 e. The maximum Gasteiger partial charge on any atom is 0.243 e. The molecule has 1 aliphatic heterocycles. The quantitative estimate of drug-likeness (QED) is 0.910. The Morgan fingerprint density at radius 1 is 1.26 bits per heavy atom. The van der Waals surface area contributed by atoms with Crippen molar-refractivity contribution in [1.29, 1.82) is 0 Å². The molecule has 0 spiro atoms. The topological polar surface area (TPSA) is 85.8 Å². The number of rotatable bonds is 3. The van der Waals surface area contributed by atoms with Crippen molar-refractivity contribution in [3.05, 3.63) is 30.1 Å². The van der Waals surface area contributed by atoms with Crippen molar-refractivity contribution in [1.82, 2.24) is 14.8 Å². The second kappa shape index (κ2) is 6.12. The Hall–Kier alpha value is -2.21. The van der Waals surface area contributed by atoms with E-state index in [1.165, 1.54) is 12.8 Å². The summed E-state index contributed by atoms with van der Waals surface area (Å²) in [6, 6.07) is 7.68. The maximum absolute atomic E-state index is 12.0. The van der Waals surface area contributed by atoms with Gasteiger partial charge in [-0.2, -0.15) is 0 Å². The van der Waals surface area contributed by atoms with Gasteiger partial charge in [-0.1, -0.05) is 18.6 Å². The molecule has 1 aliphatic rings. The zero-order chi connectivity index (χ0) is 16.4. The van der Waals surface area contributed by atoms with Gasteiger partial charge in [-0.15, -0.1) is 10.2 Å². The normalized spacial score (nSPS) is 14.9. The van der Waals surface area contributed by atoms with E-state index in [4.69, 9.17) is 5.73 Å². The molecular formula is C17H23N5O. The lowest BCUT2D eigenvalue weighted by Crippen LogP contribution is -2.45. The number of nitrogens with two attached hydrogens (primary N) is 1. The number of hydrogen-bond donors (Lipinski definition) is 2. The summed E-state index contributed by atoms with van der Waals surface area (Å²) in [5.74, 6) is 1.70. The Labute approximate surface area is 136 Å². The summed E-state index contributed by atoms with van der Waals surface area (Å²) < 4.78 is 2.20. The summed E-state index contributed by atoms with van der Waals surface area (Å²) in [5, 5.41) is 11.5. The number of nitrogens with zero attached hydrogens (tertiary/aromatic N) is 3. The molecule has 0 bridgehead atoms. The molecule has 2 heterocycles. The maximum atomic E-state index is 12.0. The third kappa shape index (κ3) is 3.42. The number of nitrogens with one attached hydrogen (secondary N) is 1. The van der Waals surface area contributed by atoms with Crippen molar-refractivity contribution in [2.24, 2.45) is 5.73 Å². The van der Waals surface area contributed by atoms with Crippen molar-refractivity contribution in [3.8, 4) is 11.4 Å². The van der Waals surface area contributed by atoms with Crippen molar-refractivity contribution < 1.29 is 4.79 Å². The van der Waals surface area contributed by atoms with E-state index >= 15 is 0 Å². The number of aromatic nitrogens is 3. The fraction of sp³-hybridized carbons (Fsp3) is 0.471. The number of benzene rings is 1. The second-order valence-corrected chi connectivity index (χ2v) is 6.66. The number of hydrogen-bond acceptors (Lipinski definition) is 4. The van der Waals surface area contributed by atoms with Crippen molar-refractivity contribution in [2.75, 3.05) is 5.32 Å². The van der Waals surface area contributed by atoms with Gasteiger partial charge < -0.3 is 15.6 Å². The Morgan fingerprint density at radius 2 is 2.09 bits per heavy atom. The molecule has 2 aromatic rings. The van der Waals surface area contributed by atoms with Crippen LogP contribution in [0.1, 0.15) is 38.9 Å². The lowest BCUT2D eigenvalue weighted by molar-refractivity contribution is -0.120. The van der Waals surface area contributed by atoms with E-state index in [2.05, 4.69) is 20.1 Å². The van der Waals surface area contributed by atoms with Gasteiger partial charge in [0.1, 0.15) is 5.82 Å². The fourth-order valence-corrected chi connectivity index (χ4v) is 2.73. The van der Waals surface area contributed by atoms with Crippen LogP contribution < -0.4 is 11.1 Å². The van der Waals surface area contributed by atoms with Crippen LogP contribution in [0.2, 0.25) is 0 Å². The van der Waals surface area contributed by atoms with Crippen LogP contribution in [0, 0.1) is 0 Å². The van der Waals surface area contributed by atoms with Crippen LogP contribution in [0.25, 0.3) is 11.4 Å². The predicted molar refractivity (Wildman–Crippen MR) is 89.9 cm³/mol. The molecular weight excluding hydrogens is 290 g/mol. The van der Waals surface area contributed by atoms with Gasteiger partial charge in [0, 0.05) is 24.2 Å². The van der Waals surface area contributed by atoms with Crippen LogP contribution in [0.4, 0.5) is 5.69 Å². The third-order valence-electron chi connectivity index (χ3n) is 4.07. The first kappa shape index (κ1) is 15.7. The summed E-state index contributed by atoms with van der Waals surface area (Å²) in [5.41, 5.74) is 6.59. The first-order chi connectivity index (χ1) is 10.9. The molecule has 0 radical (unpaired) electrons. The average molecular weight is 313 g/mol. The van der Waals surface area contributed by atoms with E-state index in [-0.39, 0.29) is 5.91 Å². The zero-order valence-corrected chi connectivity index (χ0v) is 13.7. The van der Waals surface area contributed by atoms with Gasteiger partial charge >= 0.3 is 0 Å². The predicted octanol–water partition coefficient (Wildman–Crippen LogP) is 2.35. The Morgan fingerprint density at radius 3 is 2.87 bits per heavy atom. The molecule has 1 amide bonds. The highest BCUT2D eigenvalue weighted by molar-refractivity contribution is 5.97. The molecule has 0 fully saturated rings. The van der Waals surface area contributed by atoms with Crippen LogP contribution in [0.3, 0.4) is 0 Å². The van der Waals surface area contributed by atoms with Gasteiger partial charge in [0.2, 0.25) is 5.91 Å². The van der Waals surface area contributed by atoms with Crippen LogP contribution in [-0.2, 0) is 17.8 Å². The lowest BCUT2D eigenvalue weighted by Gasteiger charge is -2.18. The van der Waals surface area contributed by atoms with Crippen molar-refractivity contribution in [3.63, 3.8) is 0 Å². The Bertz CT molecular complexity index is 714. The summed E-state index contributed by atoms with van der Waals surface area (Å²) in [6.45, 7) is 4.32. The highest BCUT2D eigenvalue weighted by Gasteiger charge is 2.22. The SMILES string of the molecule is CC(C)(N)C(=O)Nc1cccc(-c2nnc3n2CCCCC3)c1. The van der Waals surface area contributed by atoms with E-state index in [0.717, 1.165) is 42.3 Å². The summed E-state index contributed by atoms with van der Waals surface area (Å²) in [7, 11) is 0. The number of anilines is 1. The van der Waals surface area contributed by atoms with Crippen LogP contribution in [0.5, 0.6) is 0 Å². The molecule has 0 saturated heterocycles.